The zero-order valence-corrected chi connectivity index (χ0v) is 13.1. The standard InChI is InChI=1S/C17H29N3/c1-3-5-11-18-17-10-9-15(14-19-17)16-8-6-7-13-20(16)12-4-2/h9-10,14,16H,3-8,11-13H2,1-2H3,(H,18,19). The highest BCUT2D eigenvalue weighted by Crippen LogP contribution is 2.30. The summed E-state index contributed by atoms with van der Waals surface area (Å²) in [6.45, 7) is 7.96. The molecule has 2 heterocycles. The molecule has 1 atom stereocenters. The van der Waals surface area contributed by atoms with E-state index in [1.54, 1.807) is 0 Å². The lowest BCUT2D eigenvalue weighted by atomic mass is 9.96. The van der Waals surface area contributed by atoms with E-state index >= 15 is 0 Å². The van der Waals surface area contributed by atoms with Gasteiger partial charge in [-0.3, -0.25) is 4.90 Å². The number of nitrogens with zero attached hydrogens (tertiary/aromatic N) is 2. The fraction of sp³-hybridized carbons (Fsp3) is 0.706. The molecule has 20 heavy (non-hydrogen) atoms. The second kappa shape index (κ2) is 8.25. The van der Waals surface area contributed by atoms with Crippen molar-refractivity contribution >= 4 is 5.82 Å². The lowest BCUT2D eigenvalue weighted by Crippen LogP contribution is -2.34. The molecule has 0 amide bonds. The molecule has 0 aromatic carbocycles. The first kappa shape index (κ1) is 15.3. The Morgan fingerprint density at radius 3 is 2.85 bits per heavy atom. The van der Waals surface area contributed by atoms with Crippen LogP contribution < -0.4 is 5.32 Å². The third-order valence-electron chi connectivity index (χ3n) is 4.13. The third-order valence-corrected chi connectivity index (χ3v) is 4.13. The number of nitrogens with one attached hydrogen (secondary N) is 1. The minimum absolute atomic E-state index is 0.584. The Morgan fingerprint density at radius 1 is 1.25 bits per heavy atom. The van der Waals surface area contributed by atoms with E-state index in [0.29, 0.717) is 6.04 Å². The summed E-state index contributed by atoms with van der Waals surface area (Å²) < 4.78 is 0. The van der Waals surface area contributed by atoms with Gasteiger partial charge in [-0.05, 0) is 50.4 Å². The maximum atomic E-state index is 4.58. The Morgan fingerprint density at radius 2 is 2.15 bits per heavy atom. The van der Waals surface area contributed by atoms with Crippen molar-refractivity contribution in [2.24, 2.45) is 0 Å². The number of likely N-dealkylation sites (tertiary alicyclic amines) is 1. The highest BCUT2D eigenvalue weighted by atomic mass is 15.2. The van der Waals surface area contributed by atoms with Gasteiger partial charge in [-0.2, -0.15) is 0 Å². The van der Waals surface area contributed by atoms with Crippen molar-refractivity contribution in [1.29, 1.82) is 0 Å². The third kappa shape index (κ3) is 4.20. The molecule has 1 fully saturated rings. The highest BCUT2D eigenvalue weighted by molar-refractivity contribution is 5.36. The van der Waals surface area contributed by atoms with Gasteiger partial charge in [0.05, 0.1) is 0 Å². The summed E-state index contributed by atoms with van der Waals surface area (Å²) in [6, 6.07) is 4.99. The van der Waals surface area contributed by atoms with Crippen LogP contribution in [0.4, 0.5) is 5.82 Å². The quantitative estimate of drug-likeness (QED) is 0.755. The number of rotatable bonds is 7. The molecule has 112 valence electrons. The summed E-state index contributed by atoms with van der Waals surface area (Å²) in [5.41, 5.74) is 1.39. The summed E-state index contributed by atoms with van der Waals surface area (Å²) >= 11 is 0. The van der Waals surface area contributed by atoms with E-state index in [1.807, 2.05) is 0 Å². The summed E-state index contributed by atoms with van der Waals surface area (Å²) in [6.07, 6.45) is 9.72. The van der Waals surface area contributed by atoms with Gasteiger partial charge in [-0.1, -0.05) is 32.8 Å². The molecule has 0 aliphatic carbocycles. The van der Waals surface area contributed by atoms with Crippen LogP contribution in [0.3, 0.4) is 0 Å². The van der Waals surface area contributed by atoms with Crippen molar-refractivity contribution in [3.8, 4) is 0 Å². The Labute approximate surface area is 123 Å². The fourth-order valence-electron chi connectivity index (χ4n) is 3.02. The van der Waals surface area contributed by atoms with E-state index in [4.69, 9.17) is 0 Å². The molecule has 1 unspecified atom stereocenters. The molecule has 1 aromatic rings. The topological polar surface area (TPSA) is 28.2 Å². The van der Waals surface area contributed by atoms with Gasteiger partial charge in [-0.25, -0.2) is 4.98 Å². The Hall–Kier alpha value is -1.09. The molecule has 1 aromatic heterocycles. The van der Waals surface area contributed by atoms with Crippen molar-refractivity contribution in [1.82, 2.24) is 9.88 Å². The number of piperidine rings is 1. The van der Waals surface area contributed by atoms with E-state index in [-0.39, 0.29) is 0 Å². The molecule has 0 radical (unpaired) electrons. The summed E-state index contributed by atoms with van der Waals surface area (Å²) in [5.74, 6) is 1.01. The molecule has 1 N–H and O–H groups in total. The summed E-state index contributed by atoms with van der Waals surface area (Å²) in [5, 5.41) is 3.39. The normalized spacial score (nSPS) is 20.0. The maximum Gasteiger partial charge on any atom is 0.125 e. The molecule has 1 aliphatic heterocycles. The van der Waals surface area contributed by atoms with Crippen LogP contribution >= 0.6 is 0 Å². The van der Waals surface area contributed by atoms with Gasteiger partial charge in [0.25, 0.3) is 0 Å². The molecule has 0 spiro atoms. The van der Waals surface area contributed by atoms with E-state index < -0.39 is 0 Å². The first-order valence-electron chi connectivity index (χ1n) is 8.29. The lowest BCUT2D eigenvalue weighted by molar-refractivity contribution is 0.149. The van der Waals surface area contributed by atoms with Gasteiger partial charge in [0.2, 0.25) is 0 Å². The van der Waals surface area contributed by atoms with Crippen molar-refractivity contribution in [3.63, 3.8) is 0 Å². The number of unbranched alkanes of at least 4 members (excludes halogenated alkanes) is 1. The van der Waals surface area contributed by atoms with E-state index in [1.165, 1.54) is 57.2 Å². The van der Waals surface area contributed by atoms with E-state index in [0.717, 1.165) is 12.4 Å². The number of anilines is 1. The second-order valence-electron chi connectivity index (χ2n) is 5.80. The van der Waals surface area contributed by atoms with Crippen LogP contribution in [0.15, 0.2) is 18.3 Å². The molecule has 0 saturated carbocycles. The smallest absolute Gasteiger partial charge is 0.125 e. The number of aromatic nitrogens is 1. The first-order valence-corrected chi connectivity index (χ1v) is 8.29. The van der Waals surface area contributed by atoms with Crippen molar-refractivity contribution < 1.29 is 0 Å². The van der Waals surface area contributed by atoms with Crippen LogP contribution in [0.25, 0.3) is 0 Å². The van der Waals surface area contributed by atoms with Crippen molar-refractivity contribution in [2.45, 2.75) is 58.4 Å². The minimum Gasteiger partial charge on any atom is -0.370 e. The molecule has 3 nitrogen and oxygen atoms in total. The van der Waals surface area contributed by atoms with Crippen molar-refractivity contribution in [2.75, 3.05) is 25.0 Å². The number of hydrogen-bond acceptors (Lipinski definition) is 3. The lowest BCUT2D eigenvalue weighted by Gasteiger charge is -2.35. The molecule has 1 saturated heterocycles. The van der Waals surface area contributed by atoms with Crippen LogP contribution in [0.2, 0.25) is 0 Å². The molecule has 2 rings (SSSR count). The zero-order valence-electron chi connectivity index (χ0n) is 13.1. The van der Waals surface area contributed by atoms with E-state index in [2.05, 4.69) is 47.4 Å². The zero-order chi connectivity index (χ0) is 14.2. The van der Waals surface area contributed by atoms with Gasteiger partial charge in [-0.15, -0.1) is 0 Å². The molecular weight excluding hydrogens is 246 g/mol. The summed E-state index contributed by atoms with van der Waals surface area (Å²) in [4.78, 5) is 7.21. The van der Waals surface area contributed by atoms with Gasteiger partial charge >= 0.3 is 0 Å². The van der Waals surface area contributed by atoms with Gasteiger partial charge in [0.1, 0.15) is 5.82 Å². The predicted octanol–water partition coefficient (Wildman–Crippen LogP) is 4.23. The highest BCUT2D eigenvalue weighted by Gasteiger charge is 2.23. The molecular formula is C17H29N3. The van der Waals surface area contributed by atoms with E-state index in [9.17, 15) is 0 Å². The second-order valence-corrected chi connectivity index (χ2v) is 5.80. The van der Waals surface area contributed by atoms with Crippen LogP contribution in [0.1, 0.15) is 64.0 Å². The Kier molecular flexibility index (Phi) is 6.31. The summed E-state index contributed by atoms with van der Waals surface area (Å²) in [7, 11) is 0. The van der Waals surface area contributed by atoms with Gasteiger partial charge in [0, 0.05) is 18.8 Å². The van der Waals surface area contributed by atoms with Crippen LogP contribution in [0, 0.1) is 0 Å². The van der Waals surface area contributed by atoms with Crippen LogP contribution in [-0.2, 0) is 0 Å². The average molecular weight is 275 g/mol. The molecule has 1 aliphatic rings. The first-order chi connectivity index (χ1) is 9.85. The Balaban J connectivity index is 1.96. The monoisotopic (exact) mass is 275 g/mol. The van der Waals surface area contributed by atoms with Crippen LogP contribution in [0.5, 0.6) is 0 Å². The van der Waals surface area contributed by atoms with Crippen molar-refractivity contribution in [3.05, 3.63) is 23.9 Å². The fourth-order valence-corrected chi connectivity index (χ4v) is 3.02. The molecule has 0 bridgehead atoms. The van der Waals surface area contributed by atoms with Gasteiger partial charge in [0.15, 0.2) is 0 Å². The SMILES string of the molecule is CCCCNc1ccc(C2CCCCN2CCC)cn1. The number of pyridine rings is 1. The maximum absolute atomic E-state index is 4.58. The number of hydrogen-bond donors (Lipinski definition) is 1. The Bertz CT molecular complexity index is 372. The minimum atomic E-state index is 0.584. The largest absolute Gasteiger partial charge is 0.370 e. The van der Waals surface area contributed by atoms with Crippen LogP contribution in [-0.4, -0.2) is 29.5 Å². The average Bonchev–Trinajstić information content (AvgIpc) is 2.49. The van der Waals surface area contributed by atoms with Gasteiger partial charge < -0.3 is 5.32 Å². The molecule has 3 heteroatoms. The predicted molar refractivity (Wildman–Crippen MR) is 86.1 cm³/mol.